The minimum absolute atomic E-state index is 0.0740. The van der Waals surface area contributed by atoms with Gasteiger partial charge in [-0.15, -0.1) is 0 Å². The number of hydrogen-bond acceptors (Lipinski definition) is 4. The minimum Gasteiger partial charge on any atom is -0.494 e. The van der Waals surface area contributed by atoms with Gasteiger partial charge in [-0.05, 0) is 12.3 Å². The fourth-order valence-corrected chi connectivity index (χ4v) is 2.30. The summed E-state index contributed by atoms with van der Waals surface area (Å²) in [6, 6.07) is 0.210. The highest BCUT2D eigenvalue weighted by atomic mass is 16.6. The van der Waals surface area contributed by atoms with Gasteiger partial charge in [-0.2, -0.15) is 0 Å². The lowest BCUT2D eigenvalue weighted by Gasteiger charge is -2.36. The number of nitrogens with zero attached hydrogens (tertiary/aromatic N) is 1. The monoisotopic (exact) mass is 240 g/mol. The summed E-state index contributed by atoms with van der Waals surface area (Å²) in [5.41, 5.74) is 6.02. The molecule has 0 spiro atoms. The van der Waals surface area contributed by atoms with Gasteiger partial charge in [-0.25, -0.2) is 0 Å². The van der Waals surface area contributed by atoms with Gasteiger partial charge in [-0.1, -0.05) is 13.3 Å². The summed E-state index contributed by atoms with van der Waals surface area (Å²) in [4.78, 5) is 14.0. The Morgan fingerprint density at radius 3 is 3.06 bits per heavy atom. The number of amides is 1. The Hall–Kier alpha value is -1.23. The van der Waals surface area contributed by atoms with E-state index in [9.17, 15) is 4.79 Å². The van der Waals surface area contributed by atoms with Gasteiger partial charge in [0.25, 0.3) is 5.91 Å². The fourth-order valence-electron chi connectivity index (χ4n) is 2.30. The first-order chi connectivity index (χ1) is 8.22. The second kappa shape index (κ2) is 5.40. The van der Waals surface area contributed by atoms with Gasteiger partial charge in [0.15, 0.2) is 0 Å². The van der Waals surface area contributed by atoms with Gasteiger partial charge >= 0.3 is 0 Å². The van der Waals surface area contributed by atoms with Crippen molar-refractivity contribution < 1.29 is 14.3 Å². The molecule has 0 saturated carbocycles. The number of nitrogens with two attached hydrogens (primary N) is 1. The van der Waals surface area contributed by atoms with Crippen molar-refractivity contribution >= 4 is 5.91 Å². The van der Waals surface area contributed by atoms with Crippen LogP contribution in [0.2, 0.25) is 0 Å². The van der Waals surface area contributed by atoms with Gasteiger partial charge in [0, 0.05) is 19.1 Å². The van der Waals surface area contributed by atoms with E-state index in [0.717, 1.165) is 19.4 Å². The molecule has 1 saturated heterocycles. The first-order valence-electron chi connectivity index (χ1n) is 6.21. The predicted molar refractivity (Wildman–Crippen MR) is 62.9 cm³/mol. The summed E-state index contributed by atoms with van der Waals surface area (Å²) < 4.78 is 10.4. The van der Waals surface area contributed by atoms with E-state index in [2.05, 4.69) is 6.92 Å². The summed E-state index contributed by atoms with van der Waals surface area (Å²) >= 11 is 0. The van der Waals surface area contributed by atoms with Crippen LogP contribution in [0.3, 0.4) is 0 Å². The van der Waals surface area contributed by atoms with Crippen molar-refractivity contribution in [1.29, 1.82) is 0 Å². The molecule has 0 aromatic rings. The van der Waals surface area contributed by atoms with Crippen LogP contribution in [0.5, 0.6) is 0 Å². The van der Waals surface area contributed by atoms with Crippen LogP contribution in [0, 0.1) is 5.92 Å². The Bertz CT molecular complexity index is 317. The molecule has 1 fully saturated rings. The molecule has 2 aliphatic heterocycles. The van der Waals surface area contributed by atoms with Gasteiger partial charge in [0.05, 0.1) is 0 Å². The molecule has 2 heterocycles. The molecule has 0 aromatic carbocycles. The van der Waals surface area contributed by atoms with Gasteiger partial charge in [0.1, 0.15) is 19.5 Å². The van der Waals surface area contributed by atoms with Crippen molar-refractivity contribution in [2.24, 2.45) is 11.7 Å². The molecule has 0 aromatic heterocycles. The molecule has 96 valence electrons. The smallest absolute Gasteiger partial charge is 0.292 e. The minimum atomic E-state index is -0.0740. The molecule has 0 radical (unpaired) electrons. The summed E-state index contributed by atoms with van der Waals surface area (Å²) in [6.45, 7) is 4.49. The molecular weight excluding hydrogens is 220 g/mol. The lowest BCUT2D eigenvalue weighted by atomic mass is 9.90. The normalized spacial score (nSPS) is 29.1. The predicted octanol–water partition coefficient (Wildman–Crippen LogP) is 0.460. The Morgan fingerprint density at radius 1 is 1.59 bits per heavy atom. The SMILES string of the molecule is CCC1CN(C(=O)C2=COCCO2)CCC1N. The van der Waals surface area contributed by atoms with Crippen LogP contribution in [0.25, 0.3) is 0 Å². The van der Waals surface area contributed by atoms with Gasteiger partial charge < -0.3 is 20.1 Å². The quantitative estimate of drug-likeness (QED) is 0.761. The number of hydrogen-bond donors (Lipinski definition) is 1. The van der Waals surface area contributed by atoms with Crippen molar-refractivity contribution in [3.8, 4) is 0 Å². The van der Waals surface area contributed by atoms with Crippen LogP contribution < -0.4 is 5.73 Å². The van der Waals surface area contributed by atoms with Crippen LogP contribution in [0.15, 0.2) is 12.0 Å². The first kappa shape index (κ1) is 12.2. The zero-order valence-corrected chi connectivity index (χ0v) is 10.2. The van der Waals surface area contributed by atoms with Crippen molar-refractivity contribution in [1.82, 2.24) is 4.90 Å². The Labute approximate surface area is 102 Å². The molecule has 0 bridgehead atoms. The molecule has 17 heavy (non-hydrogen) atoms. The third kappa shape index (κ3) is 2.72. The van der Waals surface area contributed by atoms with Crippen molar-refractivity contribution in [2.45, 2.75) is 25.8 Å². The Balaban J connectivity index is 1.98. The topological polar surface area (TPSA) is 64.8 Å². The second-order valence-electron chi connectivity index (χ2n) is 4.57. The molecule has 5 heteroatoms. The average molecular weight is 240 g/mol. The lowest BCUT2D eigenvalue weighted by Crippen LogP contribution is -2.49. The highest BCUT2D eigenvalue weighted by Gasteiger charge is 2.30. The van der Waals surface area contributed by atoms with E-state index in [1.165, 1.54) is 6.26 Å². The second-order valence-corrected chi connectivity index (χ2v) is 4.57. The number of piperidine rings is 1. The molecule has 2 atom stereocenters. The average Bonchev–Trinajstić information content (AvgIpc) is 2.39. The summed E-state index contributed by atoms with van der Waals surface area (Å²) in [5, 5.41) is 0. The van der Waals surface area contributed by atoms with Crippen LogP contribution >= 0.6 is 0 Å². The van der Waals surface area contributed by atoms with Gasteiger partial charge in [0.2, 0.25) is 5.76 Å². The van der Waals surface area contributed by atoms with E-state index in [1.54, 1.807) is 0 Å². The van der Waals surface area contributed by atoms with E-state index in [-0.39, 0.29) is 11.9 Å². The number of rotatable bonds is 2. The number of ether oxygens (including phenoxy) is 2. The largest absolute Gasteiger partial charge is 0.494 e. The zero-order chi connectivity index (χ0) is 12.3. The molecule has 5 nitrogen and oxygen atoms in total. The fraction of sp³-hybridized carbons (Fsp3) is 0.750. The Kier molecular flexibility index (Phi) is 3.89. The van der Waals surface area contributed by atoms with E-state index in [1.807, 2.05) is 4.90 Å². The Morgan fingerprint density at radius 2 is 2.41 bits per heavy atom. The van der Waals surface area contributed by atoms with Crippen LogP contribution in [0.1, 0.15) is 19.8 Å². The maximum atomic E-state index is 12.1. The third-order valence-corrected chi connectivity index (χ3v) is 3.46. The molecule has 0 aliphatic carbocycles. The lowest BCUT2D eigenvalue weighted by molar-refractivity contribution is -0.134. The van der Waals surface area contributed by atoms with E-state index in [4.69, 9.17) is 15.2 Å². The molecular formula is C12H20N2O3. The summed E-state index contributed by atoms with van der Waals surface area (Å²) in [7, 11) is 0. The number of likely N-dealkylation sites (tertiary alicyclic amines) is 1. The molecule has 2 unspecified atom stereocenters. The number of carbonyl (C=O) groups excluding carboxylic acids is 1. The van der Waals surface area contributed by atoms with E-state index >= 15 is 0 Å². The highest BCUT2D eigenvalue weighted by molar-refractivity contribution is 5.91. The van der Waals surface area contributed by atoms with Crippen LogP contribution in [-0.4, -0.2) is 43.2 Å². The molecule has 1 amide bonds. The van der Waals surface area contributed by atoms with Crippen molar-refractivity contribution in [2.75, 3.05) is 26.3 Å². The van der Waals surface area contributed by atoms with Crippen LogP contribution in [-0.2, 0) is 14.3 Å². The first-order valence-corrected chi connectivity index (χ1v) is 6.21. The maximum Gasteiger partial charge on any atom is 0.292 e. The van der Waals surface area contributed by atoms with Crippen molar-refractivity contribution in [3.05, 3.63) is 12.0 Å². The molecule has 2 rings (SSSR count). The van der Waals surface area contributed by atoms with E-state index < -0.39 is 0 Å². The van der Waals surface area contributed by atoms with E-state index in [0.29, 0.717) is 31.4 Å². The third-order valence-electron chi connectivity index (χ3n) is 3.46. The maximum absolute atomic E-state index is 12.1. The van der Waals surface area contributed by atoms with Gasteiger partial charge in [-0.3, -0.25) is 4.79 Å². The summed E-state index contributed by atoms with van der Waals surface area (Å²) in [6.07, 6.45) is 3.28. The molecule has 2 N–H and O–H groups in total. The summed E-state index contributed by atoms with van der Waals surface area (Å²) in [5.74, 6) is 0.634. The zero-order valence-electron chi connectivity index (χ0n) is 10.2. The standard InChI is InChI=1S/C12H20N2O3/c1-2-9-7-14(4-3-10(9)13)12(15)11-8-16-5-6-17-11/h8-10H,2-7,13H2,1H3. The number of carbonyl (C=O) groups is 1. The highest BCUT2D eigenvalue weighted by Crippen LogP contribution is 2.20. The molecule has 2 aliphatic rings. The van der Waals surface area contributed by atoms with Crippen molar-refractivity contribution in [3.63, 3.8) is 0 Å². The van der Waals surface area contributed by atoms with Crippen LogP contribution in [0.4, 0.5) is 0 Å².